The van der Waals surface area contributed by atoms with Crippen LogP contribution in [-0.2, 0) is 11.3 Å². The summed E-state index contributed by atoms with van der Waals surface area (Å²) in [7, 11) is 0. The third-order valence-electron chi connectivity index (χ3n) is 2.35. The third-order valence-corrected chi connectivity index (χ3v) is 2.59. The second-order valence-corrected chi connectivity index (χ2v) is 4.27. The molecule has 1 aromatic heterocycles. The molecule has 102 valence electrons. The van der Waals surface area contributed by atoms with E-state index >= 15 is 0 Å². The van der Waals surface area contributed by atoms with Crippen LogP contribution in [0.5, 0.6) is 0 Å². The number of aromatic nitrogens is 3. The minimum Gasteiger partial charge on any atom is -0.323 e. The fourth-order valence-corrected chi connectivity index (χ4v) is 1.70. The first-order chi connectivity index (χ1) is 9.69. The molecule has 6 nitrogen and oxygen atoms in total. The monoisotopic (exact) mass is 289 g/mol. The highest BCUT2D eigenvalue weighted by Crippen LogP contribution is 2.20. The second-order valence-electron chi connectivity index (χ2n) is 3.84. The first-order valence-electron chi connectivity index (χ1n) is 5.80. The Balaban J connectivity index is 2.15. The SMILES string of the molecule is NCC#Cc1ccc(Cl)cc1NC(=O)Cn1cncn1. The predicted octanol–water partition coefficient (Wildman–Crippen LogP) is 0.880. The Morgan fingerprint density at radius 3 is 3.05 bits per heavy atom. The Hall–Kier alpha value is -2.36. The molecule has 7 heteroatoms. The molecule has 2 rings (SSSR count). The number of hydrogen-bond acceptors (Lipinski definition) is 4. The maximum absolute atomic E-state index is 11.9. The molecule has 0 unspecified atom stereocenters. The van der Waals surface area contributed by atoms with Gasteiger partial charge in [0.25, 0.3) is 0 Å². The minimum absolute atomic E-state index is 0.0657. The summed E-state index contributed by atoms with van der Waals surface area (Å²) in [6.45, 7) is 0.311. The van der Waals surface area contributed by atoms with Gasteiger partial charge in [0, 0.05) is 10.6 Å². The number of benzene rings is 1. The fraction of sp³-hybridized carbons (Fsp3) is 0.154. The van der Waals surface area contributed by atoms with Crippen LogP contribution in [0.3, 0.4) is 0 Å². The van der Waals surface area contributed by atoms with Crippen LogP contribution in [-0.4, -0.2) is 27.2 Å². The van der Waals surface area contributed by atoms with Crippen LogP contribution in [0.15, 0.2) is 30.9 Å². The summed E-state index contributed by atoms with van der Waals surface area (Å²) >= 11 is 5.93. The zero-order valence-corrected chi connectivity index (χ0v) is 11.3. The van der Waals surface area contributed by atoms with E-state index in [0.29, 0.717) is 16.3 Å². The molecule has 0 aliphatic carbocycles. The van der Waals surface area contributed by atoms with E-state index in [1.54, 1.807) is 18.2 Å². The first kappa shape index (κ1) is 14.1. The molecular weight excluding hydrogens is 278 g/mol. The van der Waals surface area contributed by atoms with E-state index in [0.717, 1.165) is 0 Å². The van der Waals surface area contributed by atoms with Crippen LogP contribution in [0.1, 0.15) is 5.56 Å². The van der Waals surface area contributed by atoms with Crippen molar-refractivity contribution in [1.29, 1.82) is 0 Å². The molecule has 0 fully saturated rings. The molecular formula is C13H12ClN5O. The minimum atomic E-state index is -0.242. The summed E-state index contributed by atoms with van der Waals surface area (Å²) in [4.78, 5) is 15.7. The predicted molar refractivity (Wildman–Crippen MR) is 76.0 cm³/mol. The molecule has 1 aromatic carbocycles. The number of hydrogen-bond donors (Lipinski definition) is 2. The van der Waals surface area contributed by atoms with Gasteiger partial charge in [0.1, 0.15) is 19.2 Å². The molecule has 1 amide bonds. The van der Waals surface area contributed by atoms with Gasteiger partial charge in [-0.2, -0.15) is 5.10 Å². The molecule has 0 saturated carbocycles. The Labute approximate surface area is 120 Å². The van der Waals surface area contributed by atoms with E-state index in [2.05, 4.69) is 27.2 Å². The number of amides is 1. The molecule has 20 heavy (non-hydrogen) atoms. The van der Waals surface area contributed by atoms with Crippen molar-refractivity contribution in [3.63, 3.8) is 0 Å². The van der Waals surface area contributed by atoms with Crippen LogP contribution < -0.4 is 11.1 Å². The van der Waals surface area contributed by atoms with Crippen LogP contribution in [0.4, 0.5) is 5.69 Å². The third kappa shape index (κ3) is 3.82. The highest BCUT2D eigenvalue weighted by molar-refractivity contribution is 6.31. The fourth-order valence-electron chi connectivity index (χ4n) is 1.53. The molecule has 0 aliphatic heterocycles. The summed E-state index contributed by atoms with van der Waals surface area (Å²) in [5.41, 5.74) is 6.55. The second kappa shape index (κ2) is 6.70. The lowest BCUT2D eigenvalue weighted by Gasteiger charge is -2.08. The van der Waals surface area contributed by atoms with Gasteiger partial charge in [0.15, 0.2) is 0 Å². The molecule has 0 aliphatic rings. The van der Waals surface area contributed by atoms with Crippen LogP contribution >= 0.6 is 11.6 Å². The molecule has 0 saturated heterocycles. The maximum Gasteiger partial charge on any atom is 0.246 e. The topological polar surface area (TPSA) is 85.8 Å². The Morgan fingerprint density at radius 1 is 1.50 bits per heavy atom. The summed E-state index contributed by atoms with van der Waals surface area (Å²) in [5, 5.41) is 7.12. The average molecular weight is 290 g/mol. The zero-order valence-electron chi connectivity index (χ0n) is 10.5. The lowest BCUT2D eigenvalue weighted by atomic mass is 10.2. The first-order valence-corrected chi connectivity index (χ1v) is 6.17. The summed E-state index contributed by atoms with van der Waals surface area (Å²) < 4.78 is 1.42. The summed E-state index contributed by atoms with van der Waals surface area (Å²) in [6.07, 6.45) is 2.83. The molecule has 1 heterocycles. The molecule has 3 N–H and O–H groups in total. The van der Waals surface area contributed by atoms with E-state index in [-0.39, 0.29) is 19.0 Å². The van der Waals surface area contributed by atoms with Crippen molar-refractivity contribution in [3.05, 3.63) is 41.4 Å². The van der Waals surface area contributed by atoms with Crippen LogP contribution in [0.2, 0.25) is 5.02 Å². The molecule has 0 spiro atoms. The van der Waals surface area contributed by atoms with Gasteiger partial charge in [0.2, 0.25) is 5.91 Å². The van der Waals surface area contributed by atoms with Gasteiger partial charge in [-0.15, -0.1) is 0 Å². The van der Waals surface area contributed by atoms with Crippen molar-refractivity contribution >= 4 is 23.2 Å². The van der Waals surface area contributed by atoms with Gasteiger partial charge in [-0.3, -0.25) is 4.79 Å². The molecule has 0 bridgehead atoms. The van der Waals surface area contributed by atoms with Gasteiger partial charge in [-0.05, 0) is 18.2 Å². The van der Waals surface area contributed by atoms with Crippen molar-refractivity contribution in [3.8, 4) is 11.8 Å². The van der Waals surface area contributed by atoms with Gasteiger partial charge >= 0.3 is 0 Å². The van der Waals surface area contributed by atoms with Crippen molar-refractivity contribution in [2.75, 3.05) is 11.9 Å². The van der Waals surface area contributed by atoms with E-state index in [1.807, 2.05) is 0 Å². The van der Waals surface area contributed by atoms with Crippen LogP contribution in [0, 0.1) is 11.8 Å². The van der Waals surface area contributed by atoms with E-state index in [9.17, 15) is 4.79 Å². The molecule has 0 atom stereocenters. The number of nitrogens with two attached hydrogens (primary N) is 1. The van der Waals surface area contributed by atoms with Gasteiger partial charge in [-0.25, -0.2) is 9.67 Å². The van der Waals surface area contributed by atoms with Crippen molar-refractivity contribution in [2.45, 2.75) is 6.54 Å². The standard InChI is InChI=1S/C13H12ClN5O/c14-11-4-3-10(2-1-5-15)12(6-11)18-13(20)7-19-9-16-8-17-19/h3-4,6,8-9H,5,7,15H2,(H,18,20). The summed E-state index contributed by atoms with van der Waals surface area (Å²) in [6, 6.07) is 5.08. The van der Waals surface area contributed by atoms with Crippen molar-refractivity contribution in [2.24, 2.45) is 5.73 Å². The number of nitrogens with zero attached hydrogens (tertiary/aromatic N) is 3. The normalized spacial score (nSPS) is 9.70. The van der Waals surface area contributed by atoms with E-state index < -0.39 is 0 Å². The number of carbonyl (C=O) groups excluding carboxylic acids is 1. The van der Waals surface area contributed by atoms with Gasteiger partial charge < -0.3 is 11.1 Å². The Bertz CT molecular complexity index is 657. The van der Waals surface area contributed by atoms with Crippen LogP contribution in [0.25, 0.3) is 0 Å². The van der Waals surface area contributed by atoms with Gasteiger partial charge in [0.05, 0.1) is 12.2 Å². The molecule has 0 radical (unpaired) electrons. The highest BCUT2D eigenvalue weighted by Gasteiger charge is 2.07. The Morgan fingerprint density at radius 2 is 2.35 bits per heavy atom. The molecule has 2 aromatic rings. The average Bonchev–Trinajstić information content (AvgIpc) is 2.90. The largest absolute Gasteiger partial charge is 0.323 e. The lowest BCUT2D eigenvalue weighted by Crippen LogP contribution is -2.19. The van der Waals surface area contributed by atoms with E-state index in [1.165, 1.54) is 17.3 Å². The number of anilines is 1. The number of carbonyl (C=O) groups is 1. The maximum atomic E-state index is 11.9. The quantitative estimate of drug-likeness (QED) is 0.821. The van der Waals surface area contributed by atoms with E-state index in [4.69, 9.17) is 17.3 Å². The van der Waals surface area contributed by atoms with Crippen molar-refractivity contribution < 1.29 is 4.79 Å². The van der Waals surface area contributed by atoms with Gasteiger partial charge in [-0.1, -0.05) is 23.4 Å². The summed E-state index contributed by atoms with van der Waals surface area (Å²) in [5.74, 6) is 5.38. The van der Waals surface area contributed by atoms with Crippen molar-refractivity contribution in [1.82, 2.24) is 14.8 Å². The zero-order chi connectivity index (χ0) is 14.4. The smallest absolute Gasteiger partial charge is 0.246 e. The number of halogens is 1. The highest BCUT2D eigenvalue weighted by atomic mass is 35.5. The Kier molecular flexibility index (Phi) is 4.71. The lowest BCUT2D eigenvalue weighted by molar-refractivity contribution is -0.116. The number of nitrogens with one attached hydrogen (secondary N) is 1. The number of rotatable bonds is 3.